The van der Waals surface area contributed by atoms with Crippen LogP contribution in [0.4, 0.5) is 11.4 Å². The van der Waals surface area contributed by atoms with Crippen LogP contribution in [0.5, 0.6) is 0 Å². The highest BCUT2D eigenvalue weighted by atomic mass is 32.2. The van der Waals surface area contributed by atoms with E-state index < -0.39 is 4.92 Å². The van der Waals surface area contributed by atoms with Crippen molar-refractivity contribution in [3.8, 4) is 0 Å². The fourth-order valence-electron chi connectivity index (χ4n) is 3.64. The Morgan fingerprint density at radius 2 is 1.97 bits per heavy atom. The smallest absolute Gasteiger partial charge is 0.325 e. The van der Waals surface area contributed by atoms with Crippen LogP contribution < -0.4 is 11.0 Å². The summed E-state index contributed by atoms with van der Waals surface area (Å²) in [7, 11) is 4.02. The molecule has 0 unspecified atom stereocenters. The molecule has 9 nitrogen and oxygen atoms in total. The van der Waals surface area contributed by atoms with E-state index in [4.69, 9.17) is 0 Å². The van der Waals surface area contributed by atoms with Crippen LogP contribution in [-0.2, 0) is 24.2 Å². The highest BCUT2D eigenvalue weighted by molar-refractivity contribution is 8.00. The van der Waals surface area contributed by atoms with Gasteiger partial charge in [0.1, 0.15) is 5.03 Å². The number of nitrogens with zero attached hydrogens (tertiary/aromatic N) is 4. The fraction of sp³-hybridized carbons (Fsp3) is 0.476. The number of hydrogen-bond acceptors (Lipinski definition) is 7. The summed E-state index contributed by atoms with van der Waals surface area (Å²) in [6, 6.07) is 5.68. The summed E-state index contributed by atoms with van der Waals surface area (Å²) in [4.78, 5) is 41.7. The molecule has 0 saturated heterocycles. The van der Waals surface area contributed by atoms with E-state index in [-0.39, 0.29) is 23.0 Å². The van der Waals surface area contributed by atoms with Gasteiger partial charge in [-0.15, -0.1) is 0 Å². The van der Waals surface area contributed by atoms with E-state index in [1.54, 1.807) is 4.57 Å². The third kappa shape index (κ3) is 6.14. The molecule has 0 fully saturated rings. The summed E-state index contributed by atoms with van der Waals surface area (Å²) in [6.45, 7) is 1.55. The molecule has 1 amide bonds. The quantitative estimate of drug-likeness (QED) is 0.273. The predicted octanol–water partition coefficient (Wildman–Crippen LogP) is 2.71. The summed E-state index contributed by atoms with van der Waals surface area (Å²) < 4.78 is 1.80. The molecule has 0 aliphatic heterocycles. The standard InChI is InChI=1S/C21H27N5O4S/c1-24(2)12-5-13-25-18-7-4-3-6-17(18)20(23-21(25)28)31-14-19(27)22-15-8-10-16(11-9-15)26(29)30/h8-11H,3-7,12-14H2,1-2H3,(H,22,27). The van der Waals surface area contributed by atoms with Crippen molar-refractivity contribution in [2.24, 2.45) is 0 Å². The molecule has 0 radical (unpaired) electrons. The highest BCUT2D eigenvalue weighted by Crippen LogP contribution is 2.28. The molecule has 0 bridgehead atoms. The lowest BCUT2D eigenvalue weighted by Crippen LogP contribution is -2.31. The highest BCUT2D eigenvalue weighted by Gasteiger charge is 2.21. The number of anilines is 1. The molecule has 1 aliphatic rings. The van der Waals surface area contributed by atoms with Crippen LogP contribution in [0.15, 0.2) is 34.1 Å². The summed E-state index contributed by atoms with van der Waals surface area (Å²) in [5, 5.41) is 14.1. The molecular formula is C21H27N5O4S. The monoisotopic (exact) mass is 445 g/mol. The lowest BCUT2D eigenvalue weighted by Gasteiger charge is -2.23. The summed E-state index contributed by atoms with van der Waals surface area (Å²) >= 11 is 1.27. The van der Waals surface area contributed by atoms with Gasteiger partial charge in [-0.2, -0.15) is 4.98 Å². The van der Waals surface area contributed by atoms with Crippen LogP contribution in [0.1, 0.15) is 30.5 Å². The van der Waals surface area contributed by atoms with Crippen LogP contribution >= 0.6 is 11.8 Å². The van der Waals surface area contributed by atoms with Gasteiger partial charge in [0.15, 0.2) is 0 Å². The van der Waals surface area contributed by atoms with Gasteiger partial charge >= 0.3 is 5.69 Å². The molecule has 1 aliphatic carbocycles. The molecule has 166 valence electrons. The van der Waals surface area contributed by atoms with Crippen LogP contribution in [0.25, 0.3) is 0 Å². The van der Waals surface area contributed by atoms with Gasteiger partial charge in [-0.1, -0.05) is 11.8 Å². The van der Waals surface area contributed by atoms with Gasteiger partial charge in [0.05, 0.1) is 10.7 Å². The Labute approximate surface area is 185 Å². The van der Waals surface area contributed by atoms with Crippen LogP contribution in [-0.4, -0.2) is 51.7 Å². The zero-order valence-electron chi connectivity index (χ0n) is 17.8. The van der Waals surface area contributed by atoms with E-state index in [2.05, 4.69) is 15.2 Å². The molecule has 0 saturated carbocycles. The Balaban J connectivity index is 1.68. The van der Waals surface area contributed by atoms with Crippen molar-refractivity contribution in [3.05, 3.63) is 56.1 Å². The van der Waals surface area contributed by atoms with E-state index in [0.717, 1.165) is 49.9 Å². The molecule has 1 aromatic heterocycles. The number of rotatable bonds is 9. The van der Waals surface area contributed by atoms with E-state index in [1.165, 1.54) is 36.0 Å². The number of carbonyl (C=O) groups is 1. The van der Waals surface area contributed by atoms with E-state index >= 15 is 0 Å². The van der Waals surface area contributed by atoms with Crippen molar-refractivity contribution in [2.45, 2.75) is 43.7 Å². The minimum absolute atomic E-state index is 0.0330. The first-order valence-corrected chi connectivity index (χ1v) is 11.3. The predicted molar refractivity (Wildman–Crippen MR) is 121 cm³/mol. The number of aromatic nitrogens is 2. The molecule has 1 heterocycles. The number of carbonyl (C=O) groups excluding carboxylic acids is 1. The number of nitro benzene ring substituents is 1. The maximum Gasteiger partial charge on any atom is 0.348 e. The second-order valence-corrected chi connectivity index (χ2v) is 8.75. The van der Waals surface area contributed by atoms with E-state index in [0.29, 0.717) is 17.3 Å². The Morgan fingerprint density at radius 3 is 2.65 bits per heavy atom. The number of thioether (sulfide) groups is 1. The molecule has 10 heteroatoms. The molecule has 1 N–H and O–H groups in total. The van der Waals surface area contributed by atoms with Gasteiger partial charge in [-0.25, -0.2) is 4.79 Å². The normalized spacial score (nSPS) is 13.1. The second-order valence-electron chi connectivity index (χ2n) is 7.78. The van der Waals surface area contributed by atoms with Crippen molar-refractivity contribution in [1.82, 2.24) is 14.5 Å². The first-order chi connectivity index (χ1) is 14.8. The Morgan fingerprint density at radius 1 is 1.26 bits per heavy atom. The van der Waals surface area contributed by atoms with Gasteiger partial charge in [0, 0.05) is 35.6 Å². The number of hydrogen-bond donors (Lipinski definition) is 1. The van der Waals surface area contributed by atoms with Crippen molar-refractivity contribution in [2.75, 3.05) is 31.7 Å². The first kappa shape index (κ1) is 23.0. The minimum Gasteiger partial charge on any atom is -0.325 e. The number of nitro groups is 1. The van der Waals surface area contributed by atoms with Crippen molar-refractivity contribution >= 4 is 29.0 Å². The van der Waals surface area contributed by atoms with Gasteiger partial charge in [0.25, 0.3) is 5.69 Å². The topological polar surface area (TPSA) is 110 Å². The molecule has 3 rings (SSSR count). The van der Waals surface area contributed by atoms with Gasteiger partial charge < -0.3 is 10.2 Å². The second kappa shape index (κ2) is 10.5. The number of amides is 1. The molecular weight excluding hydrogens is 418 g/mol. The number of fused-ring (bicyclic) bond motifs is 1. The lowest BCUT2D eigenvalue weighted by atomic mass is 9.97. The van der Waals surface area contributed by atoms with Gasteiger partial charge in [0.2, 0.25) is 5.91 Å². The number of non-ortho nitro benzene ring substituents is 1. The zero-order chi connectivity index (χ0) is 22.4. The molecule has 0 spiro atoms. The third-order valence-electron chi connectivity index (χ3n) is 5.14. The molecule has 1 aromatic carbocycles. The SMILES string of the molecule is CN(C)CCCn1c2c(c(SCC(=O)Nc3ccc([N+](=O)[O-])cc3)nc1=O)CCCC2. The fourth-order valence-corrected chi connectivity index (χ4v) is 4.52. The van der Waals surface area contributed by atoms with Gasteiger partial charge in [-0.3, -0.25) is 19.5 Å². The maximum absolute atomic E-state index is 12.7. The molecule has 31 heavy (non-hydrogen) atoms. The van der Waals surface area contributed by atoms with Crippen LogP contribution in [0.3, 0.4) is 0 Å². The zero-order valence-corrected chi connectivity index (χ0v) is 18.6. The van der Waals surface area contributed by atoms with Crippen molar-refractivity contribution < 1.29 is 9.72 Å². The summed E-state index contributed by atoms with van der Waals surface area (Å²) in [6.07, 6.45) is 4.70. The minimum atomic E-state index is -0.487. The molecule has 0 atom stereocenters. The van der Waals surface area contributed by atoms with E-state index in [1.807, 2.05) is 14.1 Å². The average molecular weight is 446 g/mol. The average Bonchev–Trinajstić information content (AvgIpc) is 2.74. The maximum atomic E-state index is 12.7. The van der Waals surface area contributed by atoms with Crippen molar-refractivity contribution in [3.63, 3.8) is 0 Å². The van der Waals surface area contributed by atoms with Crippen molar-refractivity contribution in [1.29, 1.82) is 0 Å². The van der Waals surface area contributed by atoms with Gasteiger partial charge in [-0.05, 0) is 64.9 Å². The van der Waals surface area contributed by atoms with E-state index in [9.17, 15) is 19.7 Å². The first-order valence-electron chi connectivity index (χ1n) is 10.3. The Bertz CT molecular complexity index is 1000. The van der Waals surface area contributed by atoms with Crippen LogP contribution in [0.2, 0.25) is 0 Å². The van der Waals surface area contributed by atoms with Crippen LogP contribution in [0, 0.1) is 10.1 Å². The third-order valence-corrected chi connectivity index (χ3v) is 6.16. The number of nitrogens with one attached hydrogen (secondary N) is 1. The Kier molecular flexibility index (Phi) is 7.80. The lowest BCUT2D eigenvalue weighted by molar-refractivity contribution is -0.384. The largest absolute Gasteiger partial charge is 0.348 e. The number of benzene rings is 1. The summed E-state index contributed by atoms with van der Waals surface area (Å²) in [5.41, 5.74) is 2.35. The summed E-state index contributed by atoms with van der Waals surface area (Å²) in [5.74, 6) is -0.138. The molecule has 2 aromatic rings. The Hall–Kier alpha value is -2.72.